The molecule has 3 N–H and O–H groups in total. The van der Waals surface area contributed by atoms with Crippen molar-refractivity contribution in [3.05, 3.63) is 64.5 Å². The second kappa shape index (κ2) is 11.1. The molecule has 32 heavy (non-hydrogen) atoms. The number of anilines is 2. The Morgan fingerprint density at radius 1 is 1.16 bits per heavy atom. The van der Waals surface area contributed by atoms with E-state index in [0.29, 0.717) is 28.2 Å². The summed E-state index contributed by atoms with van der Waals surface area (Å²) >= 11 is 0. The lowest BCUT2D eigenvalue weighted by Gasteiger charge is -2.14. The average molecular weight is 443 g/mol. The van der Waals surface area contributed by atoms with Crippen molar-refractivity contribution in [3.8, 4) is 0 Å². The summed E-state index contributed by atoms with van der Waals surface area (Å²) in [5.74, 6) is -3.00. The van der Waals surface area contributed by atoms with Crippen molar-refractivity contribution in [3.63, 3.8) is 0 Å². The van der Waals surface area contributed by atoms with Crippen LogP contribution >= 0.6 is 0 Å². The third-order valence-corrected chi connectivity index (χ3v) is 4.82. The lowest BCUT2D eigenvalue weighted by atomic mass is 10.0. The predicted molar refractivity (Wildman–Crippen MR) is 122 cm³/mol. The zero-order valence-electron chi connectivity index (χ0n) is 18.8. The molecule has 0 unspecified atom stereocenters. The zero-order chi connectivity index (χ0) is 23.8. The van der Waals surface area contributed by atoms with Crippen molar-refractivity contribution in [1.29, 1.82) is 0 Å². The van der Waals surface area contributed by atoms with Gasteiger partial charge in [0.2, 0.25) is 17.6 Å². The first-order chi connectivity index (χ1) is 15.1. The Morgan fingerprint density at radius 3 is 2.50 bits per heavy atom. The van der Waals surface area contributed by atoms with Crippen LogP contribution in [0.25, 0.3) is 0 Å². The molecule has 2 aromatic rings. The SMILES string of the molecule is C/C=C(\C)C(=NCNC(=O)CNc1c(C)c(C)nc(F)c1F)c1ccccc1NC(C)=O. The number of pyridine rings is 1. The van der Waals surface area contributed by atoms with Crippen molar-refractivity contribution < 1.29 is 18.4 Å². The number of aromatic nitrogens is 1. The summed E-state index contributed by atoms with van der Waals surface area (Å²) in [7, 11) is 0. The van der Waals surface area contributed by atoms with Gasteiger partial charge in [-0.1, -0.05) is 24.3 Å². The standard InChI is InChI=1S/C23H27F2N5O2/c1-6-13(2)21(17-9-7-8-10-18(17)30-16(5)31)28-12-27-19(32)11-26-22-14(3)15(4)29-23(25)20(22)24/h6-10H,11-12H2,1-5H3,(H,26,29)(H,27,32)(H,30,31)/b13-6+,28-21?. The number of aliphatic imine (C=N–C) groups is 1. The van der Waals surface area contributed by atoms with Gasteiger partial charge in [0.1, 0.15) is 6.67 Å². The van der Waals surface area contributed by atoms with Gasteiger partial charge in [-0.05, 0) is 44.9 Å². The van der Waals surface area contributed by atoms with Crippen molar-refractivity contribution in [2.75, 3.05) is 23.8 Å². The molecule has 170 valence electrons. The van der Waals surface area contributed by atoms with Crippen molar-refractivity contribution in [2.45, 2.75) is 34.6 Å². The highest BCUT2D eigenvalue weighted by atomic mass is 19.2. The molecular weight excluding hydrogens is 416 g/mol. The van der Waals surface area contributed by atoms with Gasteiger partial charge in [0.15, 0.2) is 0 Å². The molecule has 0 spiro atoms. The fourth-order valence-electron chi connectivity index (χ4n) is 2.92. The molecule has 0 aliphatic heterocycles. The summed E-state index contributed by atoms with van der Waals surface area (Å²) in [5.41, 5.74) is 3.45. The fourth-order valence-corrected chi connectivity index (χ4v) is 2.92. The molecule has 2 amide bonds. The van der Waals surface area contributed by atoms with Gasteiger partial charge in [0.05, 0.1) is 23.6 Å². The van der Waals surface area contributed by atoms with Gasteiger partial charge in [-0.25, -0.2) is 4.98 Å². The van der Waals surface area contributed by atoms with Crippen LogP contribution in [0.1, 0.15) is 37.6 Å². The van der Waals surface area contributed by atoms with E-state index < -0.39 is 17.7 Å². The molecule has 1 aromatic carbocycles. The Bertz CT molecular complexity index is 1050. The summed E-state index contributed by atoms with van der Waals surface area (Å²) in [6.07, 6.45) is 1.87. The molecule has 0 fully saturated rings. The maximum Gasteiger partial charge on any atom is 0.251 e. The van der Waals surface area contributed by atoms with E-state index in [4.69, 9.17) is 0 Å². The van der Waals surface area contributed by atoms with Crippen molar-refractivity contribution in [2.24, 2.45) is 4.99 Å². The maximum absolute atomic E-state index is 14.0. The molecule has 1 heterocycles. The van der Waals surface area contributed by atoms with E-state index >= 15 is 0 Å². The minimum atomic E-state index is -1.22. The first kappa shape index (κ1) is 24.6. The molecule has 0 bridgehead atoms. The number of carbonyl (C=O) groups excluding carboxylic acids is 2. The zero-order valence-corrected chi connectivity index (χ0v) is 18.8. The highest BCUT2D eigenvalue weighted by molar-refractivity contribution is 6.16. The Morgan fingerprint density at radius 2 is 1.84 bits per heavy atom. The largest absolute Gasteiger partial charge is 0.373 e. The molecule has 1 aromatic heterocycles. The minimum absolute atomic E-state index is 0.0410. The quantitative estimate of drug-likeness (QED) is 0.426. The second-order valence-electron chi connectivity index (χ2n) is 7.12. The van der Waals surface area contributed by atoms with E-state index in [2.05, 4.69) is 25.9 Å². The Hall–Kier alpha value is -3.62. The van der Waals surface area contributed by atoms with E-state index in [1.54, 1.807) is 26.0 Å². The summed E-state index contributed by atoms with van der Waals surface area (Å²) in [6, 6.07) is 7.22. The number of rotatable bonds is 8. The maximum atomic E-state index is 14.0. The second-order valence-corrected chi connectivity index (χ2v) is 7.12. The van der Waals surface area contributed by atoms with Crippen LogP contribution in [-0.4, -0.2) is 35.7 Å². The first-order valence-electron chi connectivity index (χ1n) is 10.0. The Balaban J connectivity index is 2.12. The third kappa shape index (κ3) is 6.19. The van der Waals surface area contributed by atoms with Gasteiger partial charge in [-0.2, -0.15) is 8.78 Å². The van der Waals surface area contributed by atoms with Gasteiger partial charge in [-0.3, -0.25) is 14.6 Å². The van der Waals surface area contributed by atoms with E-state index in [9.17, 15) is 18.4 Å². The number of halogens is 2. The molecule has 0 aliphatic rings. The number of amides is 2. The minimum Gasteiger partial charge on any atom is -0.373 e. The van der Waals surface area contributed by atoms with Gasteiger partial charge < -0.3 is 16.0 Å². The smallest absolute Gasteiger partial charge is 0.251 e. The van der Waals surface area contributed by atoms with Crippen LogP contribution < -0.4 is 16.0 Å². The van der Waals surface area contributed by atoms with Crippen LogP contribution in [0.2, 0.25) is 0 Å². The summed E-state index contributed by atoms with van der Waals surface area (Å²) in [6.45, 7) is 8.00. The topological polar surface area (TPSA) is 95.5 Å². The number of allylic oxidation sites excluding steroid dienone is 2. The van der Waals surface area contributed by atoms with Crippen LogP contribution in [0.5, 0.6) is 0 Å². The Labute approximate surface area is 186 Å². The van der Waals surface area contributed by atoms with Crippen LogP contribution in [0.3, 0.4) is 0 Å². The molecule has 9 heteroatoms. The third-order valence-electron chi connectivity index (χ3n) is 4.82. The number of hydrogen-bond donors (Lipinski definition) is 3. The highest BCUT2D eigenvalue weighted by Crippen LogP contribution is 2.23. The monoisotopic (exact) mass is 443 g/mol. The average Bonchev–Trinajstić information content (AvgIpc) is 2.75. The van der Waals surface area contributed by atoms with Gasteiger partial charge in [0.25, 0.3) is 5.95 Å². The van der Waals surface area contributed by atoms with Crippen LogP contribution in [0.4, 0.5) is 20.2 Å². The fraction of sp³-hybridized carbons (Fsp3) is 0.304. The van der Waals surface area contributed by atoms with Crippen LogP contribution in [-0.2, 0) is 9.59 Å². The van der Waals surface area contributed by atoms with Gasteiger partial charge in [-0.15, -0.1) is 0 Å². The normalized spacial score (nSPS) is 11.8. The van der Waals surface area contributed by atoms with Crippen LogP contribution in [0, 0.1) is 25.6 Å². The summed E-state index contributed by atoms with van der Waals surface area (Å²) < 4.78 is 27.5. The van der Waals surface area contributed by atoms with Gasteiger partial charge >= 0.3 is 0 Å². The molecule has 2 rings (SSSR count). The number of hydrogen-bond acceptors (Lipinski definition) is 5. The molecule has 7 nitrogen and oxygen atoms in total. The molecule has 0 atom stereocenters. The molecular formula is C23H27F2N5O2. The van der Waals surface area contributed by atoms with Crippen molar-refractivity contribution >= 4 is 28.9 Å². The lowest BCUT2D eigenvalue weighted by molar-refractivity contribution is -0.119. The number of carbonyl (C=O) groups is 2. The number of nitrogens with zero attached hydrogens (tertiary/aromatic N) is 2. The van der Waals surface area contributed by atoms with E-state index in [1.165, 1.54) is 6.92 Å². The number of aryl methyl sites for hydroxylation is 1. The highest BCUT2D eigenvalue weighted by Gasteiger charge is 2.16. The molecule has 0 saturated carbocycles. The number of benzene rings is 1. The number of nitrogens with one attached hydrogen (secondary N) is 3. The van der Waals surface area contributed by atoms with E-state index in [1.807, 2.05) is 32.1 Å². The van der Waals surface area contributed by atoms with E-state index in [0.717, 1.165) is 5.57 Å². The molecule has 0 aliphatic carbocycles. The summed E-state index contributed by atoms with van der Waals surface area (Å²) in [4.78, 5) is 31.7. The number of para-hydroxylation sites is 1. The van der Waals surface area contributed by atoms with Crippen molar-refractivity contribution in [1.82, 2.24) is 10.3 Å². The first-order valence-corrected chi connectivity index (χ1v) is 10.0. The Kier molecular flexibility index (Phi) is 8.57. The van der Waals surface area contributed by atoms with Crippen LogP contribution in [0.15, 0.2) is 40.9 Å². The summed E-state index contributed by atoms with van der Waals surface area (Å²) in [5, 5.41) is 8.02. The predicted octanol–water partition coefficient (Wildman–Crippen LogP) is 3.88. The molecule has 0 radical (unpaired) electrons. The van der Waals surface area contributed by atoms with Gasteiger partial charge in [0, 0.05) is 18.2 Å². The van der Waals surface area contributed by atoms with E-state index in [-0.39, 0.29) is 24.8 Å². The lowest BCUT2D eigenvalue weighted by Crippen LogP contribution is -2.31. The molecule has 0 saturated heterocycles.